The molecule has 0 aliphatic carbocycles. The molecule has 0 spiro atoms. The molecule has 0 fully saturated rings. The Morgan fingerprint density at radius 3 is 2.76 bits per heavy atom. The van der Waals surface area contributed by atoms with Gasteiger partial charge in [0.1, 0.15) is 0 Å². The van der Waals surface area contributed by atoms with Gasteiger partial charge in [-0.3, -0.25) is 10.1 Å². The Morgan fingerprint density at radius 2 is 2.18 bits per heavy atom. The molecule has 17 heavy (non-hydrogen) atoms. The number of nitrogens with zero attached hydrogens (tertiary/aromatic N) is 1. The fraction of sp³-hybridized carbons (Fsp3) is 0.538. The Balaban J connectivity index is 2.72. The van der Waals surface area contributed by atoms with E-state index in [1.807, 2.05) is 6.07 Å². The summed E-state index contributed by atoms with van der Waals surface area (Å²) in [6, 6.07) is 5.67. The van der Waals surface area contributed by atoms with E-state index in [-0.39, 0.29) is 10.6 Å². The second-order valence-corrected chi connectivity index (χ2v) is 4.39. The fourth-order valence-corrected chi connectivity index (χ4v) is 1.88. The lowest BCUT2D eigenvalue weighted by atomic mass is 10.1. The van der Waals surface area contributed by atoms with E-state index < -0.39 is 0 Å². The average molecular weight is 236 g/mol. The van der Waals surface area contributed by atoms with Crippen molar-refractivity contribution in [2.24, 2.45) is 0 Å². The number of hydrogen-bond acceptors (Lipinski definition) is 3. The van der Waals surface area contributed by atoms with E-state index in [1.54, 1.807) is 19.1 Å². The molecule has 0 aliphatic rings. The van der Waals surface area contributed by atoms with Gasteiger partial charge < -0.3 is 5.32 Å². The minimum Gasteiger partial charge on any atom is -0.310 e. The van der Waals surface area contributed by atoms with E-state index >= 15 is 0 Å². The van der Waals surface area contributed by atoms with Gasteiger partial charge in [-0.25, -0.2) is 0 Å². The van der Waals surface area contributed by atoms with Gasteiger partial charge in [0.05, 0.1) is 4.92 Å². The Bertz CT molecular complexity index is 391. The molecule has 0 saturated carbocycles. The molecule has 0 aliphatic heterocycles. The Kier molecular flexibility index (Phi) is 5.10. The number of rotatable bonds is 6. The zero-order valence-corrected chi connectivity index (χ0v) is 10.7. The van der Waals surface area contributed by atoms with Crippen molar-refractivity contribution in [1.82, 2.24) is 5.32 Å². The van der Waals surface area contributed by atoms with Gasteiger partial charge in [0.2, 0.25) is 0 Å². The van der Waals surface area contributed by atoms with E-state index in [9.17, 15) is 10.1 Å². The molecular weight excluding hydrogens is 216 g/mol. The quantitative estimate of drug-likeness (QED) is 0.609. The molecule has 1 rings (SSSR count). The van der Waals surface area contributed by atoms with E-state index in [1.165, 1.54) is 0 Å². The lowest BCUT2D eigenvalue weighted by molar-refractivity contribution is -0.385. The van der Waals surface area contributed by atoms with Crippen LogP contribution in [0.5, 0.6) is 0 Å². The predicted octanol–water partition coefficient (Wildman–Crippen LogP) is 3.18. The molecule has 1 N–H and O–H groups in total. The third-order valence-electron chi connectivity index (χ3n) is 2.98. The summed E-state index contributed by atoms with van der Waals surface area (Å²) in [4.78, 5) is 10.5. The first kappa shape index (κ1) is 13.6. The lowest BCUT2D eigenvalue weighted by Crippen LogP contribution is -2.25. The van der Waals surface area contributed by atoms with Gasteiger partial charge in [-0.1, -0.05) is 25.5 Å². The molecular formula is C13H20N2O2. The van der Waals surface area contributed by atoms with Crippen LogP contribution in [0.4, 0.5) is 5.69 Å². The van der Waals surface area contributed by atoms with Crippen molar-refractivity contribution in [3.05, 3.63) is 39.4 Å². The monoisotopic (exact) mass is 236 g/mol. The summed E-state index contributed by atoms with van der Waals surface area (Å²) < 4.78 is 0. The van der Waals surface area contributed by atoms with Gasteiger partial charge in [-0.05, 0) is 25.8 Å². The first-order valence-electron chi connectivity index (χ1n) is 6.02. The van der Waals surface area contributed by atoms with Crippen LogP contribution in [0.3, 0.4) is 0 Å². The van der Waals surface area contributed by atoms with Gasteiger partial charge in [-0.2, -0.15) is 0 Å². The highest BCUT2D eigenvalue weighted by Gasteiger charge is 2.13. The largest absolute Gasteiger partial charge is 0.310 e. The molecule has 0 heterocycles. The maximum absolute atomic E-state index is 10.8. The minimum atomic E-state index is -0.325. The SMILES string of the molecule is CCCC(C)NCc1cccc([N+](=O)[O-])c1C. The topological polar surface area (TPSA) is 55.2 Å². The van der Waals surface area contributed by atoms with E-state index in [0.29, 0.717) is 12.6 Å². The van der Waals surface area contributed by atoms with Crippen LogP contribution in [0.25, 0.3) is 0 Å². The smallest absolute Gasteiger partial charge is 0.272 e. The van der Waals surface area contributed by atoms with Crippen LogP contribution in [0, 0.1) is 17.0 Å². The molecule has 1 atom stereocenters. The van der Waals surface area contributed by atoms with Gasteiger partial charge in [-0.15, -0.1) is 0 Å². The molecule has 1 unspecified atom stereocenters. The molecule has 0 radical (unpaired) electrons. The van der Waals surface area contributed by atoms with Gasteiger partial charge in [0.25, 0.3) is 5.69 Å². The van der Waals surface area contributed by atoms with Crippen molar-refractivity contribution >= 4 is 5.69 Å². The van der Waals surface area contributed by atoms with E-state index in [4.69, 9.17) is 0 Å². The highest BCUT2D eigenvalue weighted by molar-refractivity contribution is 5.44. The van der Waals surface area contributed by atoms with Crippen LogP contribution in [-0.2, 0) is 6.54 Å². The summed E-state index contributed by atoms with van der Waals surface area (Å²) in [6.45, 7) is 6.78. The lowest BCUT2D eigenvalue weighted by Gasteiger charge is -2.13. The average Bonchev–Trinajstić information content (AvgIpc) is 2.27. The van der Waals surface area contributed by atoms with Crippen molar-refractivity contribution in [2.75, 3.05) is 0 Å². The maximum atomic E-state index is 10.8. The van der Waals surface area contributed by atoms with Crippen LogP contribution in [0.1, 0.15) is 37.8 Å². The number of hydrogen-bond donors (Lipinski definition) is 1. The summed E-state index contributed by atoms with van der Waals surface area (Å²) in [7, 11) is 0. The van der Waals surface area contributed by atoms with Crippen LogP contribution >= 0.6 is 0 Å². The second kappa shape index (κ2) is 6.35. The molecule has 1 aromatic carbocycles. The number of nitrogens with one attached hydrogen (secondary N) is 1. The van der Waals surface area contributed by atoms with Crippen LogP contribution in [0.15, 0.2) is 18.2 Å². The Hall–Kier alpha value is -1.42. The van der Waals surface area contributed by atoms with Crippen molar-refractivity contribution in [3.63, 3.8) is 0 Å². The summed E-state index contributed by atoms with van der Waals surface area (Å²) in [5.74, 6) is 0. The standard InChI is InChI=1S/C13H20N2O2/c1-4-6-10(2)14-9-12-7-5-8-13(11(12)3)15(16)17/h5,7-8,10,14H,4,6,9H2,1-3H3. The maximum Gasteiger partial charge on any atom is 0.272 e. The summed E-state index contributed by atoms with van der Waals surface area (Å²) in [5, 5.41) is 14.2. The molecule has 0 amide bonds. The zero-order chi connectivity index (χ0) is 12.8. The fourth-order valence-electron chi connectivity index (χ4n) is 1.88. The van der Waals surface area contributed by atoms with E-state index in [2.05, 4.69) is 19.2 Å². The van der Waals surface area contributed by atoms with Crippen molar-refractivity contribution in [2.45, 2.75) is 46.2 Å². The minimum absolute atomic E-state index is 0.201. The molecule has 4 nitrogen and oxygen atoms in total. The normalized spacial score (nSPS) is 12.4. The van der Waals surface area contributed by atoms with E-state index in [0.717, 1.165) is 24.0 Å². The summed E-state index contributed by atoms with van der Waals surface area (Å²) in [5.41, 5.74) is 1.96. The summed E-state index contributed by atoms with van der Waals surface area (Å²) >= 11 is 0. The number of nitro benzene ring substituents is 1. The van der Waals surface area contributed by atoms with Crippen molar-refractivity contribution < 1.29 is 4.92 Å². The van der Waals surface area contributed by atoms with Crippen LogP contribution in [0.2, 0.25) is 0 Å². The highest BCUT2D eigenvalue weighted by atomic mass is 16.6. The Morgan fingerprint density at radius 1 is 1.47 bits per heavy atom. The number of benzene rings is 1. The molecule has 0 bridgehead atoms. The first-order valence-corrected chi connectivity index (χ1v) is 6.02. The van der Waals surface area contributed by atoms with Crippen molar-refractivity contribution in [3.8, 4) is 0 Å². The number of nitro groups is 1. The second-order valence-electron chi connectivity index (χ2n) is 4.39. The highest BCUT2D eigenvalue weighted by Crippen LogP contribution is 2.20. The predicted molar refractivity (Wildman–Crippen MR) is 69.0 cm³/mol. The van der Waals surface area contributed by atoms with Crippen molar-refractivity contribution in [1.29, 1.82) is 0 Å². The summed E-state index contributed by atoms with van der Waals surface area (Å²) in [6.07, 6.45) is 2.26. The Labute approximate surface area is 102 Å². The molecule has 4 heteroatoms. The zero-order valence-electron chi connectivity index (χ0n) is 10.7. The molecule has 1 aromatic rings. The van der Waals surface area contributed by atoms with Gasteiger partial charge in [0.15, 0.2) is 0 Å². The molecule has 0 saturated heterocycles. The van der Waals surface area contributed by atoms with Crippen LogP contribution < -0.4 is 5.32 Å². The van der Waals surface area contributed by atoms with Crippen LogP contribution in [-0.4, -0.2) is 11.0 Å². The van der Waals surface area contributed by atoms with Gasteiger partial charge >= 0.3 is 0 Å². The molecule has 94 valence electrons. The third kappa shape index (κ3) is 3.82. The van der Waals surface area contributed by atoms with Gasteiger partial charge in [0, 0.05) is 24.2 Å². The molecule has 0 aromatic heterocycles. The first-order chi connectivity index (χ1) is 8.06. The third-order valence-corrected chi connectivity index (χ3v) is 2.98.